The molecule has 0 aliphatic rings. The van der Waals surface area contributed by atoms with E-state index in [1.165, 1.54) is 19.4 Å². The summed E-state index contributed by atoms with van der Waals surface area (Å²) in [6.45, 7) is -0.0903. The largest absolute Gasteiger partial charge is 0.493 e. The van der Waals surface area contributed by atoms with E-state index < -0.39 is 0 Å². The van der Waals surface area contributed by atoms with Gasteiger partial charge < -0.3 is 20.3 Å². The van der Waals surface area contributed by atoms with Crippen molar-refractivity contribution in [1.29, 1.82) is 5.41 Å². The van der Waals surface area contributed by atoms with Crippen LogP contribution in [0.15, 0.2) is 30.5 Å². The van der Waals surface area contributed by atoms with Crippen molar-refractivity contribution in [2.24, 2.45) is 5.73 Å². The van der Waals surface area contributed by atoms with Gasteiger partial charge in [-0.1, -0.05) is 6.07 Å². The Labute approximate surface area is 115 Å². The van der Waals surface area contributed by atoms with Crippen molar-refractivity contribution in [3.63, 3.8) is 0 Å². The fourth-order valence-corrected chi connectivity index (χ4v) is 1.53. The highest BCUT2D eigenvalue weighted by atomic mass is 16.5. The van der Waals surface area contributed by atoms with Crippen LogP contribution in [-0.2, 0) is 6.61 Å². The van der Waals surface area contributed by atoms with E-state index in [0.29, 0.717) is 17.1 Å². The van der Waals surface area contributed by atoms with Crippen LogP contribution in [0.5, 0.6) is 17.5 Å². The van der Waals surface area contributed by atoms with E-state index in [1.54, 1.807) is 18.2 Å². The van der Waals surface area contributed by atoms with Crippen molar-refractivity contribution in [3.8, 4) is 17.5 Å². The van der Waals surface area contributed by atoms with Crippen LogP contribution in [0.25, 0.3) is 0 Å². The summed E-state index contributed by atoms with van der Waals surface area (Å²) in [5.41, 5.74) is 6.34. The summed E-state index contributed by atoms with van der Waals surface area (Å²) in [4.78, 5) is 7.94. The highest BCUT2D eigenvalue weighted by molar-refractivity contribution is 5.92. The molecule has 0 unspecified atom stereocenters. The first-order valence-electron chi connectivity index (χ1n) is 5.77. The molecule has 0 saturated heterocycles. The second kappa shape index (κ2) is 5.98. The Kier molecular flexibility index (Phi) is 4.11. The first-order chi connectivity index (χ1) is 9.63. The van der Waals surface area contributed by atoms with Gasteiger partial charge in [-0.15, -0.1) is 0 Å². The van der Waals surface area contributed by atoms with E-state index in [2.05, 4.69) is 9.97 Å². The third-order valence-electron chi connectivity index (χ3n) is 2.52. The van der Waals surface area contributed by atoms with E-state index in [0.717, 1.165) is 0 Å². The maximum Gasteiger partial charge on any atom is 0.322 e. The minimum Gasteiger partial charge on any atom is -0.493 e. The smallest absolute Gasteiger partial charge is 0.322 e. The third-order valence-corrected chi connectivity index (χ3v) is 2.52. The molecule has 0 atom stereocenters. The number of nitrogen functional groups attached to an aromatic ring is 1. The van der Waals surface area contributed by atoms with Crippen LogP contribution in [0, 0.1) is 5.41 Å². The molecule has 4 N–H and O–H groups in total. The topological polar surface area (TPSA) is 114 Å². The SMILES string of the molecule is COc1cc(CO)ccc1Oc1nccc(C(=N)N)n1. The van der Waals surface area contributed by atoms with Gasteiger partial charge in [-0.2, -0.15) is 4.98 Å². The van der Waals surface area contributed by atoms with Gasteiger partial charge in [0.05, 0.1) is 13.7 Å². The predicted molar refractivity (Wildman–Crippen MR) is 72.0 cm³/mol. The molecule has 1 aromatic carbocycles. The van der Waals surface area contributed by atoms with Gasteiger partial charge in [0.1, 0.15) is 11.5 Å². The first kappa shape index (κ1) is 13.8. The molecule has 0 radical (unpaired) electrons. The molecule has 1 aromatic heterocycles. The lowest BCUT2D eigenvalue weighted by molar-refractivity contribution is 0.280. The Balaban J connectivity index is 2.29. The van der Waals surface area contributed by atoms with Crippen molar-refractivity contribution in [2.75, 3.05) is 7.11 Å². The van der Waals surface area contributed by atoms with Crippen molar-refractivity contribution < 1.29 is 14.6 Å². The maximum atomic E-state index is 9.08. The molecule has 0 saturated carbocycles. The minimum atomic E-state index is -0.167. The number of hydrogen-bond donors (Lipinski definition) is 3. The van der Waals surface area contributed by atoms with Gasteiger partial charge in [0, 0.05) is 6.20 Å². The van der Waals surface area contributed by atoms with Crippen LogP contribution in [0.1, 0.15) is 11.3 Å². The van der Waals surface area contributed by atoms with E-state index in [9.17, 15) is 0 Å². The zero-order chi connectivity index (χ0) is 14.5. The third kappa shape index (κ3) is 3.01. The summed E-state index contributed by atoms with van der Waals surface area (Å²) in [7, 11) is 1.50. The van der Waals surface area contributed by atoms with Crippen LogP contribution in [0.2, 0.25) is 0 Å². The van der Waals surface area contributed by atoms with E-state index in [-0.39, 0.29) is 24.1 Å². The summed E-state index contributed by atoms with van der Waals surface area (Å²) in [5.74, 6) is 0.693. The molecular formula is C13H14N4O3. The second-order valence-corrected chi connectivity index (χ2v) is 3.88. The summed E-state index contributed by atoms with van der Waals surface area (Å²) >= 11 is 0. The van der Waals surface area contributed by atoms with Gasteiger partial charge in [-0.25, -0.2) is 4.98 Å². The average Bonchev–Trinajstić information content (AvgIpc) is 2.48. The van der Waals surface area contributed by atoms with E-state index in [4.69, 9.17) is 25.7 Å². The molecule has 0 fully saturated rings. The molecule has 1 heterocycles. The number of aliphatic hydroxyl groups is 1. The van der Waals surface area contributed by atoms with Gasteiger partial charge in [0.25, 0.3) is 0 Å². The summed E-state index contributed by atoms with van der Waals surface area (Å²) in [6.07, 6.45) is 1.45. The van der Waals surface area contributed by atoms with Crippen LogP contribution < -0.4 is 15.2 Å². The first-order valence-corrected chi connectivity index (χ1v) is 5.77. The van der Waals surface area contributed by atoms with Crippen LogP contribution in [0.4, 0.5) is 0 Å². The lowest BCUT2D eigenvalue weighted by Crippen LogP contribution is -2.13. The number of methoxy groups -OCH3 is 1. The number of nitrogens with two attached hydrogens (primary N) is 1. The maximum absolute atomic E-state index is 9.08. The molecule has 0 bridgehead atoms. The zero-order valence-electron chi connectivity index (χ0n) is 10.8. The van der Waals surface area contributed by atoms with Crippen molar-refractivity contribution in [2.45, 2.75) is 6.61 Å². The molecule has 0 amide bonds. The molecule has 20 heavy (non-hydrogen) atoms. The highest BCUT2D eigenvalue weighted by Gasteiger charge is 2.09. The Bertz CT molecular complexity index is 631. The summed E-state index contributed by atoms with van der Waals surface area (Å²) in [5, 5.41) is 16.4. The lowest BCUT2D eigenvalue weighted by Gasteiger charge is -2.10. The van der Waals surface area contributed by atoms with Crippen LogP contribution >= 0.6 is 0 Å². The molecule has 7 nitrogen and oxygen atoms in total. The predicted octanol–water partition coefficient (Wildman–Crippen LogP) is 1.05. The fourth-order valence-electron chi connectivity index (χ4n) is 1.53. The molecule has 0 aliphatic carbocycles. The summed E-state index contributed by atoms with van der Waals surface area (Å²) < 4.78 is 10.7. The molecule has 2 rings (SSSR count). The highest BCUT2D eigenvalue weighted by Crippen LogP contribution is 2.30. The Hall–Kier alpha value is -2.67. The summed E-state index contributed by atoms with van der Waals surface area (Å²) in [6, 6.07) is 6.58. The van der Waals surface area contributed by atoms with Gasteiger partial charge in [0.15, 0.2) is 11.5 Å². The fraction of sp³-hybridized carbons (Fsp3) is 0.154. The number of rotatable bonds is 5. The van der Waals surface area contributed by atoms with Gasteiger partial charge in [-0.3, -0.25) is 5.41 Å². The number of ether oxygens (including phenoxy) is 2. The van der Waals surface area contributed by atoms with Gasteiger partial charge in [-0.05, 0) is 23.8 Å². The lowest BCUT2D eigenvalue weighted by atomic mass is 10.2. The quantitative estimate of drug-likeness (QED) is 0.554. The van der Waals surface area contributed by atoms with Crippen molar-refractivity contribution >= 4 is 5.84 Å². The van der Waals surface area contributed by atoms with E-state index >= 15 is 0 Å². The van der Waals surface area contributed by atoms with Gasteiger partial charge in [0.2, 0.25) is 0 Å². The number of aliphatic hydroxyl groups excluding tert-OH is 1. The molecule has 2 aromatic rings. The number of benzene rings is 1. The average molecular weight is 274 g/mol. The number of hydrogen-bond acceptors (Lipinski definition) is 6. The normalized spacial score (nSPS) is 10.1. The van der Waals surface area contributed by atoms with Crippen molar-refractivity contribution in [1.82, 2.24) is 9.97 Å². The standard InChI is InChI=1S/C13H14N4O3/c1-19-11-6-8(7-18)2-3-10(11)20-13-16-5-4-9(17-13)12(14)15/h2-6,18H,7H2,1H3,(H3,14,15). The monoisotopic (exact) mass is 274 g/mol. The number of nitrogens with one attached hydrogen (secondary N) is 1. The minimum absolute atomic E-state index is 0.0627. The molecule has 7 heteroatoms. The number of amidine groups is 1. The van der Waals surface area contributed by atoms with Gasteiger partial charge >= 0.3 is 6.01 Å². The Morgan fingerprint density at radius 3 is 2.80 bits per heavy atom. The molecular weight excluding hydrogens is 260 g/mol. The molecule has 0 aliphatic heterocycles. The number of aromatic nitrogens is 2. The van der Waals surface area contributed by atoms with Crippen LogP contribution in [-0.4, -0.2) is 28.0 Å². The Morgan fingerprint density at radius 1 is 1.35 bits per heavy atom. The Morgan fingerprint density at radius 2 is 2.15 bits per heavy atom. The van der Waals surface area contributed by atoms with E-state index in [1.807, 2.05) is 0 Å². The van der Waals surface area contributed by atoms with Crippen LogP contribution in [0.3, 0.4) is 0 Å². The zero-order valence-corrected chi connectivity index (χ0v) is 10.8. The molecule has 0 spiro atoms. The van der Waals surface area contributed by atoms with Crippen molar-refractivity contribution in [3.05, 3.63) is 41.7 Å². The molecule has 104 valence electrons. The number of nitrogens with zero attached hydrogens (tertiary/aromatic N) is 2. The second-order valence-electron chi connectivity index (χ2n) is 3.88.